The highest BCUT2D eigenvalue weighted by Gasteiger charge is 2.28. The van der Waals surface area contributed by atoms with Crippen molar-refractivity contribution in [1.29, 1.82) is 0 Å². The van der Waals surface area contributed by atoms with E-state index in [1.54, 1.807) is 6.07 Å². The molecule has 1 nitrogen and oxygen atoms in total. The van der Waals surface area contributed by atoms with Gasteiger partial charge in [-0.2, -0.15) is 0 Å². The smallest absolute Gasteiger partial charge is 0.270 e. The van der Waals surface area contributed by atoms with Gasteiger partial charge in [-0.1, -0.05) is 18.2 Å². The topological polar surface area (TPSA) is 12.0 Å². The lowest BCUT2D eigenvalue weighted by atomic mass is 9.93. The van der Waals surface area contributed by atoms with Crippen molar-refractivity contribution in [2.75, 3.05) is 6.54 Å². The molecule has 0 saturated heterocycles. The van der Waals surface area contributed by atoms with E-state index in [1.165, 1.54) is 6.07 Å². The molecule has 14 heavy (non-hydrogen) atoms. The molecule has 0 aliphatic carbocycles. The SMILES string of the molecule is CC(F)(F)c1cccc2c1CCNC2. The van der Waals surface area contributed by atoms with Crippen LogP contribution in [0.25, 0.3) is 0 Å². The third-order valence-corrected chi connectivity index (χ3v) is 2.61. The summed E-state index contributed by atoms with van der Waals surface area (Å²) in [6.07, 6.45) is 0.703. The number of alkyl halides is 2. The number of hydrogen-bond acceptors (Lipinski definition) is 1. The van der Waals surface area contributed by atoms with E-state index in [4.69, 9.17) is 0 Å². The van der Waals surface area contributed by atoms with Gasteiger partial charge in [-0.3, -0.25) is 0 Å². The number of benzene rings is 1. The molecule has 1 aromatic carbocycles. The largest absolute Gasteiger partial charge is 0.312 e. The molecule has 1 aliphatic rings. The normalized spacial score (nSPS) is 16.5. The minimum Gasteiger partial charge on any atom is -0.312 e. The summed E-state index contributed by atoms with van der Waals surface area (Å²) in [5.41, 5.74) is 2.03. The summed E-state index contributed by atoms with van der Waals surface area (Å²) < 4.78 is 26.4. The molecular weight excluding hydrogens is 184 g/mol. The van der Waals surface area contributed by atoms with Gasteiger partial charge in [0.2, 0.25) is 0 Å². The van der Waals surface area contributed by atoms with Gasteiger partial charge in [0.05, 0.1) is 0 Å². The molecule has 0 radical (unpaired) electrons. The Morgan fingerprint density at radius 2 is 2.14 bits per heavy atom. The van der Waals surface area contributed by atoms with E-state index in [-0.39, 0.29) is 5.56 Å². The van der Waals surface area contributed by atoms with Crippen LogP contribution in [0, 0.1) is 0 Å². The average Bonchev–Trinajstić information content (AvgIpc) is 2.15. The predicted molar refractivity (Wildman–Crippen MR) is 51.4 cm³/mol. The van der Waals surface area contributed by atoms with E-state index in [0.29, 0.717) is 13.0 Å². The maximum atomic E-state index is 13.2. The fourth-order valence-corrected chi connectivity index (χ4v) is 1.94. The zero-order valence-electron chi connectivity index (χ0n) is 8.11. The van der Waals surface area contributed by atoms with E-state index in [9.17, 15) is 8.78 Å². The minimum atomic E-state index is -2.72. The van der Waals surface area contributed by atoms with Crippen molar-refractivity contribution >= 4 is 0 Å². The van der Waals surface area contributed by atoms with Gasteiger partial charge in [0.25, 0.3) is 5.92 Å². The number of halogens is 2. The van der Waals surface area contributed by atoms with Crippen molar-refractivity contribution in [2.45, 2.75) is 25.8 Å². The Balaban J connectivity index is 2.51. The first-order valence-corrected chi connectivity index (χ1v) is 4.79. The molecule has 0 saturated carbocycles. The Morgan fingerprint density at radius 1 is 1.36 bits per heavy atom. The lowest BCUT2D eigenvalue weighted by molar-refractivity contribution is 0.0163. The van der Waals surface area contributed by atoms with Gasteiger partial charge in [-0.05, 0) is 24.1 Å². The standard InChI is InChI=1S/C11H13F2N/c1-11(12,13)10-4-2-3-8-7-14-6-5-9(8)10/h2-4,14H,5-7H2,1H3. The van der Waals surface area contributed by atoms with Crippen LogP contribution in [0.3, 0.4) is 0 Å². The lowest BCUT2D eigenvalue weighted by Crippen LogP contribution is -2.26. The highest BCUT2D eigenvalue weighted by molar-refractivity contribution is 5.39. The van der Waals surface area contributed by atoms with Crippen LogP contribution in [0.2, 0.25) is 0 Å². The first-order valence-electron chi connectivity index (χ1n) is 4.79. The Labute approximate surface area is 82.1 Å². The Morgan fingerprint density at radius 3 is 2.86 bits per heavy atom. The van der Waals surface area contributed by atoms with Gasteiger partial charge >= 0.3 is 0 Å². The Hall–Kier alpha value is -0.960. The molecule has 0 aromatic heterocycles. The fourth-order valence-electron chi connectivity index (χ4n) is 1.94. The molecular formula is C11H13F2N. The van der Waals surface area contributed by atoms with Crippen LogP contribution in [-0.2, 0) is 18.9 Å². The molecule has 0 bridgehead atoms. The maximum absolute atomic E-state index is 13.2. The molecule has 2 rings (SSSR count). The van der Waals surface area contributed by atoms with Crippen LogP contribution in [0.5, 0.6) is 0 Å². The quantitative estimate of drug-likeness (QED) is 0.729. The van der Waals surface area contributed by atoms with Crippen molar-refractivity contribution in [3.63, 3.8) is 0 Å². The molecule has 3 heteroatoms. The van der Waals surface area contributed by atoms with Gasteiger partial charge in [0, 0.05) is 19.0 Å². The van der Waals surface area contributed by atoms with Crippen LogP contribution in [0.15, 0.2) is 18.2 Å². The first kappa shape index (κ1) is 9.59. The summed E-state index contributed by atoms with van der Waals surface area (Å²) in [5, 5.41) is 3.17. The average molecular weight is 197 g/mol. The maximum Gasteiger partial charge on any atom is 0.270 e. The van der Waals surface area contributed by atoms with Gasteiger partial charge < -0.3 is 5.32 Å². The summed E-state index contributed by atoms with van der Waals surface area (Å²) in [5.74, 6) is -2.72. The highest BCUT2D eigenvalue weighted by atomic mass is 19.3. The van der Waals surface area contributed by atoms with Crippen molar-refractivity contribution in [3.05, 3.63) is 34.9 Å². The van der Waals surface area contributed by atoms with E-state index in [1.807, 2.05) is 6.07 Å². The van der Waals surface area contributed by atoms with Crippen molar-refractivity contribution in [1.82, 2.24) is 5.32 Å². The monoisotopic (exact) mass is 197 g/mol. The third-order valence-electron chi connectivity index (χ3n) is 2.61. The van der Waals surface area contributed by atoms with Crippen LogP contribution in [-0.4, -0.2) is 6.54 Å². The summed E-state index contributed by atoms with van der Waals surface area (Å²) in [6, 6.07) is 5.15. The van der Waals surface area contributed by atoms with Crippen molar-refractivity contribution in [2.24, 2.45) is 0 Å². The molecule has 1 aromatic rings. The molecule has 0 amide bonds. The summed E-state index contributed by atoms with van der Waals surface area (Å²) in [4.78, 5) is 0. The molecule has 1 heterocycles. The van der Waals surface area contributed by atoms with Crippen LogP contribution >= 0.6 is 0 Å². The number of fused-ring (bicyclic) bond motifs is 1. The molecule has 76 valence electrons. The van der Waals surface area contributed by atoms with E-state index < -0.39 is 5.92 Å². The summed E-state index contributed by atoms with van der Waals surface area (Å²) >= 11 is 0. The van der Waals surface area contributed by atoms with Crippen LogP contribution < -0.4 is 5.32 Å². The Kier molecular flexibility index (Phi) is 2.27. The zero-order valence-corrected chi connectivity index (χ0v) is 8.11. The molecule has 0 unspecified atom stereocenters. The van der Waals surface area contributed by atoms with Gasteiger partial charge in [0.1, 0.15) is 0 Å². The second kappa shape index (κ2) is 3.31. The van der Waals surface area contributed by atoms with Gasteiger partial charge in [-0.15, -0.1) is 0 Å². The van der Waals surface area contributed by atoms with E-state index in [0.717, 1.165) is 24.6 Å². The van der Waals surface area contributed by atoms with E-state index >= 15 is 0 Å². The fraction of sp³-hybridized carbons (Fsp3) is 0.455. The van der Waals surface area contributed by atoms with Crippen molar-refractivity contribution in [3.8, 4) is 0 Å². The van der Waals surface area contributed by atoms with Gasteiger partial charge in [-0.25, -0.2) is 8.78 Å². The highest BCUT2D eigenvalue weighted by Crippen LogP contribution is 2.32. The molecule has 0 spiro atoms. The molecule has 1 aliphatic heterocycles. The second-order valence-corrected chi connectivity index (χ2v) is 3.76. The number of rotatable bonds is 1. The van der Waals surface area contributed by atoms with Crippen molar-refractivity contribution < 1.29 is 8.78 Å². The summed E-state index contributed by atoms with van der Waals surface area (Å²) in [6.45, 7) is 2.46. The second-order valence-electron chi connectivity index (χ2n) is 3.76. The number of nitrogens with one attached hydrogen (secondary N) is 1. The lowest BCUT2D eigenvalue weighted by Gasteiger charge is -2.23. The van der Waals surface area contributed by atoms with Gasteiger partial charge in [0.15, 0.2) is 0 Å². The molecule has 1 N–H and O–H groups in total. The first-order chi connectivity index (χ1) is 6.59. The molecule has 0 atom stereocenters. The minimum absolute atomic E-state index is 0.191. The molecule has 0 fully saturated rings. The number of hydrogen-bond donors (Lipinski definition) is 1. The van der Waals surface area contributed by atoms with Crippen LogP contribution in [0.1, 0.15) is 23.6 Å². The Bertz CT molecular complexity index is 342. The van der Waals surface area contributed by atoms with Crippen LogP contribution in [0.4, 0.5) is 8.78 Å². The van der Waals surface area contributed by atoms with E-state index in [2.05, 4.69) is 5.32 Å². The third kappa shape index (κ3) is 1.64. The summed E-state index contributed by atoms with van der Waals surface area (Å²) in [7, 11) is 0. The predicted octanol–water partition coefficient (Wildman–Crippen LogP) is 2.44. The zero-order chi connectivity index (χ0) is 10.2.